The number of thioether (sulfide) groups is 1. The number of hydrogen-bond donors (Lipinski definition) is 0. The lowest BCUT2D eigenvalue weighted by atomic mass is 10.1. The highest BCUT2D eigenvalue weighted by Crippen LogP contribution is 2.31. The molecule has 3 heterocycles. The number of aryl methyl sites for hydroxylation is 1. The van der Waals surface area contributed by atoms with E-state index in [1.807, 2.05) is 37.3 Å². The number of benzene rings is 2. The van der Waals surface area contributed by atoms with E-state index in [9.17, 15) is 4.79 Å². The van der Waals surface area contributed by atoms with Gasteiger partial charge in [-0.05, 0) is 36.2 Å². The molecule has 5 aromatic rings. The minimum Gasteiger partial charge on any atom is -0.423 e. The Morgan fingerprint density at radius 1 is 1.15 bits per heavy atom. The van der Waals surface area contributed by atoms with Crippen molar-refractivity contribution in [3.05, 3.63) is 70.1 Å². The van der Waals surface area contributed by atoms with Gasteiger partial charge in [-0.15, -0.1) is 10.2 Å². The zero-order valence-electron chi connectivity index (χ0n) is 13.8. The van der Waals surface area contributed by atoms with Crippen LogP contribution >= 0.6 is 23.1 Å². The third kappa shape index (κ3) is 2.51. The largest absolute Gasteiger partial charge is 0.423 e. The van der Waals surface area contributed by atoms with Crippen molar-refractivity contribution in [2.24, 2.45) is 0 Å². The third-order valence-corrected chi connectivity index (χ3v) is 6.24. The number of aromatic nitrogens is 3. The number of fused-ring (bicyclic) bond motifs is 4. The van der Waals surface area contributed by atoms with Crippen LogP contribution in [0.5, 0.6) is 0 Å². The maximum absolute atomic E-state index is 11.9. The minimum atomic E-state index is -0.328. The fourth-order valence-corrected chi connectivity index (χ4v) is 5.01. The molecule has 2 aromatic carbocycles. The summed E-state index contributed by atoms with van der Waals surface area (Å²) in [5, 5.41) is 10.4. The molecule has 0 radical (unpaired) electrons. The molecule has 0 amide bonds. The molecule has 0 saturated heterocycles. The summed E-state index contributed by atoms with van der Waals surface area (Å²) < 4.78 is 8.59. The maximum atomic E-state index is 11.9. The number of rotatable bonds is 3. The highest BCUT2D eigenvalue weighted by molar-refractivity contribution is 7.98. The molecule has 7 heteroatoms. The second-order valence-electron chi connectivity index (χ2n) is 6.05. The fourth-order valence-electron chi connectivity index (χ4n) is 3.05. The van der Waals surface area contributed by atoms with Gasteiger partial charge in [0.05, 0.1) is 10.2 Å². The minimum absolute atomic E-state index is 0.328. The summed E-state index contributed by atoms with van der Waals surface area (Å²) in [5.41, 5.74) is 3.41. The molecule has 5 nitrogen and oxygen atoms in total. The summed E-state index contributed by atoms with van der Waals surface area (Å²) in [7, 11) is 0. The lowest BCUT2D eigenvalue weighted by molar-refractivity contribution is 0.559. The molecular formula is C19H13N3O2S2. The standard InChI is InChI=1S/C19H13N3O2S2/c1-11-6-7-13-12(9-17(23)24-15(13)8-11)10-25-18-20-21-19-22(18)14-4-2-3-5-16(14)26-19/h2-9H,10H2,1H3. The molecule has 0 N–H and O–H groups in total. The van der Waals surface area contributed by atoms with Gasteiger partial charge in [-0.2, -0.15) is 0 Å². The van der Waals surface area contributed by atoms with Crippen molar-refractivity contribution in [1.82, 2.24) is 14.6 Å². The van der Waals surface area contributed by atoms with Crippen molar-refractivity contribution in [2.45, 2.75) is 17.8 Å². The van der Waals surface area contributed by atoms with Gasteiger partial charge in [-0.3, -0.25) is 4.40 Å². The van der Waals surface area contributed by atoms with Gasteiger partial charge in [0.25, 0.3) is 0 Å². The van der Waals surface area contributed by atoms with Gasteiger partial charge in [-0.1, -0.05) is 47.4 Å². The van der Waals surface area contributed by atoms with Crippen LogP contribution in [0, 0.1) is 6.92 Å². The second-order valence-corrected chi connectivity index (χ2v) is 8.00. The average Bonchev–Trinajstić information content (AvgIpc) is 3.18. The van der Waals surface area contributed by atoms with E-state index in [1.54, 1.807) is 29.2 Å². The van der Waals surface area contributed by atoms with Crippen molar-refractivity contribution in [1.29, 1.82) is 0 Å². The molecule has 0 atom stereocenters. The van der Waals surface area contributed by atoms with Crippen molar-refractivity contribution in [2.75, 3.05) is 0 Å². The molecule has 0 spiro atoms. The summed E-state index contributed by atoms with van der Waals surface area (Å²) >= 11 is 3.19. The highest BCUT2D eigenvalue weighted by atomic mass is 32.2. The molecule has 0 fully saturated rings. The predicted molar refractivity (Wildman–Crippen MR) is 105 cm³/mol. The maximum Gasteiger partial charge on any atom is 0.336 e. The van der Waals surface area contributed by atoms with Crippen molar-refractivity contribution in [3.63, 3.8) is 0 Å². The Morgan fingerprint density at radius 2 is 2.04 bits per heavy atom. The first kappa shape index (κ1) is 15.6. The van der Waals surface area contributed by atoms with E-state index >= 15 is 0 Å². The number of nitrogens with zero attached hydrogens (tertiary/aromatic N) is 3. The van der Waals surface area contributed by atoms with E-state index in [-0.39, 0.29) is 5.63 Å². The third-order valence-electron chi connectivity index (χ3n) is 4.25. The Kier molecular flexibility index (Phi) is 3.58. The highest BCUT2D eigenvalue weighted by Gasteiger charge is 2.14. The molecule has 3 aromatic heterocycles. The summed E-state index contributed by atoms with van der Waals surface area (Å²) in [5.74, 6) is 0.621. The Balaban J connectivity index is 1.57. The predicted octanol–water partition coefficient (Wildman–Crippen LogP) is 4.65. The van der Waals surface area contributed by atoms with Crippen LogP contribution in [0.1, 0.15) is 11.1 Å². The SMILES string of the molecule is Cc1ccc2c(CSc3nnc4sc5ccccc5n34)cc(=O)oc2c1. The van der Waals surface area contributed by atoms with E-state index in [1.165, 1.54) is 4.70 Å². The van der Waals surface area contributed by atoms with E-state index < -0.39 is 0 Å². The quantitative estimate of drug-likeness (QED) is 0.337. The van der Waals surface area contributed by atoms with Gasteiger partial charge in [0.2, 0.25) is 4.96 Å². The molecule has 0 aliphatic carbocycles. The van der Waals surface area contributed by atoms with Gasteiger partial charge in [0.1, 0.15) is 5.58 Å². The number of thiazole rings is 1. The summed E-state index contributed by atoms with van der Waals surface area (Å²) in [6.07, 6.45) is 0. The molecule has 0 bridgehead atoms. The molecule has 26 heavy (non-hydrogen) atoms. The normalized spacial score (nSPS) is 11.7. The molecule has 128 valence electrons. The number of para-hydroxylation sites is 1. The van der Waals surface area contributed by atoms with Crippen LogP contribution in [0.15, 0.2) is 62.9 Å². The topological polar surface area (TPSA) is 60.4 Å². The zero-order chi connectivity index (χ0) is 17.7. The van der Waals surface area contributed by atoms with E-state index in [0.29, 0.717) is 11.3 Å². The van der Waals surface area contributed by atoms with Crippen LogP contribution in [0.3, 0.4) is 0 Å². The Morgan fingerprint density at radius 3 is 2.96 bits per heavy atom. The monoisotopic (exact) mass is 379 g/mol. The summed E-state index contributed by atoms with van der Waals surface area (Å²) in [4.78, 5) is 12.8. The molecule has 5 rings (SSSR count). The van der Waals surface area contributed by atoms with Gasteiger partial charge < -0.3 is 4.42 Å². The van der Waals surface area contributed by atoms with Crippen LogP contribution in [0.2, 0.25) is 0 Å². The summed E-state index contributed by atoms with van der Waals surface area (Å²) in [6, 6.07) is 15.7. The Labute approximate surface area is 156 Å². The van der Waals surface area contributed by atoms with Crippen LogP contribution < -0.4 is 5.63 Å². The summed E-state index contributed by atoms with van der Waals surface area (Å²) in [6.45, 7) is 1.98. The molecule has 0 unspecified atom stereocenters. The first-order valence-corrected chi connectivity index (χ1v) is 9.88. The first-order chi connectivity index (χ1) is 12.7. The van der Waals surface area contributed by atoms with E-state index in [2.05, 4.69) is 26.7 Å². The molecular weight excluding hydrogens is 366 g/mol. The number of hydrogen-bond acceptors (Lipinski definition) is 6. The van der Waals surface area contributed by atoms with Crippen LogP contribution in [0.25, 0.3) is 26.1 Å². The fraction of sp³-hybridized carbons (Fsp3) is 0.105. The van der Waals surface area contributed by atoms with Crippen LogP contribution in [-0.2, 0) is 5.75 Å². The van der Waals surface area contributed by atoms with Crippen molar-refractivity contribution < 1.29 is 4.42 Å². The van der Waals surface area contributed by atoms with Gasteiger partial charge >= 0.3 is 5.63 Å². The molecule has 0 aliphatic rings. The van der Waals surface area contributed by atoms with Gasteiger partial charge in [0.15, 0.2) is 5.16 Å². The van der Waals surface area contributed by atoms with Crippen molar-refractivity contribution in [3.8, 4) is 0 Å². The van der Waals surface area contributed by atoms with E-state index in [0.717, 1.165) is 32.1 Å². The van der Waals surface area contributed by atoms with Crippen LogP contribution in [0.4, 0.5) is 0 Å². The van der Waals surface area contributed by atoms with E-state index in [4.69, 9.17) is 4.42 Å². The Bertz CT molecular complexity index is 1330. The van der Waals surface area contributed by atoms with Gasteiger partial charge in [0, 0.05) is 17.2 Å². The smallest absolute Gasteiger partial charge is 0.336 e. The Hall–Kier alpha value is -2.64. The van der Waals surface area contributed by atoms with Crippen LogP contribution in [-0.4, -0.2) is 14.6 Å². The second kappa shape index (κ2) is 5.96. The molecule has 0 saturated carbocycles. The first-order valence-electron chi connectivity index (χ1n) is 8.08. The average molecular weight is 379 g/mol. The lowest BCUT2D eigenvalue weighted by Gasteiger charge is -2.05. The van der Waals surface area contributed by atoms with Crippen molar-refractivity contribution >= 4 is 49.2 Å². The van der Waals surface area contributed by atoms with Gasteiger partial charge in [-0.25, -0.2) is 4.79 Å². The molecule has 0 aliphatic heterocycles. The zero-order valence-corrected chi connectivity index (χ0v) is 15.4. The lowest BCUT2D eigenvalue weighted by Crippen LogP contribution is -2.00.